The van der Waals surface area contributed by atoms with Crippen LogP contribution in [0.5, 0.6) is 11.5 Å². The third-order valence-corrected chi connectivity index (χ3v) is 8.00. The molecule has 4 aromatic rings. The van der Waals surface area contributed by atoms with E-state index in [4.69, 9.17) is 24.3 Å². The van der Waals surface area contributed by atoms with Gasteiger partial charge in [-0.15, -0.1) is 0 Å². The van der Waals surface area contributed by atoms with Crippen LogP contribution in [-0.2, 0) is 22.4 Å². The van der Waals surface area contributed by atoms with E-state index >= 15 is 0 Å². The van der Waals surface area contributed by atoms with Crippen LogP contribution in [0.15, 0.2) is 107 Å². The van der Waals surface area contributed by atoms with E-state index in [2.05, 4.69) is 26.8 Å². The summed E-state index contributed by atoms with van der Waals surface area (Å²) < 4.78 is 32.0. The number of nitrogens with zero attached hydrogens (tertiary/aromatic N) is 1. The third kappa shape index (κ3) is 8.08. The quantitative estimate of drug-likeness (QED) is 0.117. The summed E-state index contributed by atoms with van der Waals surface area (Å²) in [4.78, 5) is 19.4. The molecule has 0 bridgehead atoms. The minimum Gasteiger partial charge on any atom is -0.497 e. The lowest BCUT2D eigenvalue weighted by molar-refractivity contribution is -0.130. The standard InChI is InChI=1S/C35H35BrFN3O5/c1-43-31-5-2-4-27(22-31)32-35(23-25-6-12-28(36)13-7-25,34(42)40-38-19-18-24-8-14-29(37)15-9-24)39-33(45-32)26-10-16-30(17-11-26)44-21-3-20-41/h2,4-17,22,32,38,41H,3,18-21,23H2,1H3,(H,40,42)/t32-,35-/m0/s1. The molecule has 234 valence electrons. The largest absolute Gasteiger partial charge is 0.497 e. The second kappa shape index (κ2) is 15.2. The van der Waals surface area contributed by atoms with Crippen molar-refractivity contribution < 1.29 is 28.5 Å². The van der Waals surface area contributed by atoms with Crippen LogP contribution in [0.2, 0.25) is 0 Å². The number of aliphatic hydroxyl groups is 1. The molecule has 0 saturated carbocycles. The van der Waals surface area contributed by atoms with Crippen molar-refractivity contribution in [3.63, 3.8) is 0 Å². The number of rotatable bonds is 14. The Morgan fingerprint density at radius 2 is 1.73 bits per heavy atom. The van der Waals surface area contributed by atoms with Gasteiger partial charge in [0, 0.05) is 36.0 Å². The summed E-state index contributed by atoms with van der Waals surface area (Å²) in [6.07, 6.45) is 0.577. The Bertz CT molecular complexity index is 1600. The van der Waals surface area contributed by atoms with Crippen LogP contribution in [-0.4, -0.2) is 49.3 Å². The zero-order valence-corrected chi connectivity index (χ0v) is 26.4. The molecule has 10 heteroatoms. The molecule has 0 spiro atoms. The highest BCUT2D eigenvalue weighted by Crippen LogP contribution is 2.43. The first-order chi connectivity index (χ1) is 21.9. The molecule has 0 unspecified atom stereocenters. The molecule has 0 saturated heterocycles. The number of hydrogen-bond acceptors (Lipinski definition) is 7. The Morgan fingerprint density at radius 3 is 2.44 bits per heavy atom. The van der Waals surface area contributed by atoms with Crippen molar-refractivity contribution in [2.75, 3.05) is 26.9 Å². The molecule has 1 heterocycles. The second-order valence-electron chi connectivity index (χ2n) is 10.6. The number of ether oxygens (including phenoxy) is 3. The number of methoxy groups -OCH3 is 1. The lowest BCUT2D eigenvalue weighted by Gasteiger charge is -2.31. The van der Waals surface area contributed by atoms with Crippen LogP contribution >= 0.6 is 15.9 Å². The van der Waals surface area contributed by atoms with Gasteiger partial charge >= 0.3 is 0 Å². The van der Waals surface area contributed by atoms with Crippen LogP contribution in [0.4, 0.5) is 4.39 Å². The number of benzene rings is 4. The molecule has 45 heavy (non-hydrogen) atoms. The molecule has 0 aliphatic carbocycles. The number of carbonyl (C=O) groups excluding carboxylic acids is 1. The van der Waals surface area contributed by atoms with Crippen LogP contribution in [0.3, 0.4) is 0 Å². The Hall–Kier alpha value is -4.25. The van der Waals surface area contributed by atoms with Gasteiger partial charge in [-0.05, 0) is 83.8 Å². The van der Waals surface area contributed by atoms with Crippen LogP contribution < -0.4 is 20.3 Å². The van der Waals surface area contributed by atoms with E-state index in [0.717, 1.165) is 21.2 Å². The van der Waals surface area contributed by atoms with Crippen molar-refractivity contribution in [1.82, 2.24) is 10.9 Å². The van der Waals surface area contributed by atoms with Gasteiger partial charge in [0.2, 0.25) is 5.90 Å². The van der Waals surface area contributed by atoms with Crippen molar-refractivity contribution in [1.29, 1.82) is 0 Å². The van der Waals surface area contributed by atoms with Crippen LogP contribution in [0.25, 0.3) is 0 Å². The maximum Gasteiger partial charge on any atom is 0.266 e. The smallest absolute Gasteiger partial charge is 0.266 e. The lowest BCUT2D eigenvalue weighted by Crippen LogP contribution is -2.54. The zero-order chi connectivity index (χ0) is 31.6. The maximum absolute atomic E-state index is 14.3. The number of hydrogen-bond donors (Lipinski definition) is 3. The molecule has 2 atom stereocenters. The summed E-state index contributed by atoms with van der Waals surface area (Å²) >= 11 is 3.50. The summed E-state index contributed by atoms with van der Waals surface area (Å²) in [6, 6.07) is 28.8. The highest BCUT2D eigenvalue weighted by Gasteiger charge is 2.53. The molecule has 1 aliphatic heterocycles. The summed E-state index contributed by atoms with van der Waals surface area (Å²) in [7, 11) is 1.59. The van der Waals surface area contributed by atoms with E-state index in [1.165, 1.54) is 12.1 Å². The maximum atomic E-state index is 14.3. The van der Waals surface area contributed by atoms with Gasteiger partial charge in [0.05, 0.1) is 13.7 Å². The first-order valence-electron chi connectivity index (χ1n) is 14.7. The molecule has 5 rings (SSSR count). The van der Waals surface area contributed by atoms with Gasteiger partial charge in [-0.2, -0.15) is 0 Å². The monoisotopic (exact) mass is 675 g/mol. The Labute approximate surface area is 270 Å². The Morgan fingerprint density at radius 1 is 1.00 bits per heavy atom. The Balaban J connectivity index is 1.48. The number of aliphatic imine (C=N–C) groups is 1. The molecule has 3 N–H and O–H groups in total. The zero-order valence-electron chi connectivity index (χ0n) is 24.8. The third-order valence-electron chi connectivity index (χ3n) is 7.47. The molecule has 0 aromatic heterocycles. The summed E-state index contributed by atoms with van der Waals surface area (Å²) in [5.74, 6) is 0.945. The minimum absolute atomic E-state index is 0.0536. The fourth-order valence-corrected chi connectivity index (χ4v) is 5.37. The molecular formula is C35H35BrFN3O5. The number of halogens is 2. The van der Waals surface area contributed by atoms with Crippen LogP contribution in [0, 0.1) is 5.82 Å². The Kier molecular flexibility index (Phi) is 10.8. The predicted molar refractivity (Wildman–Crippen MR) is 174 cm³/mol. The molecule has 8 nitrogen and oxygen atoms in total. The molecule has 0 fully saturated rings. The second-order valence-corrected chi connectivity index (χ2v) is 11.5. The van der Waals surface area contributed by atoms with Crippen LogP contribution in [0.1, 0.15) is 34.8 Å². The van der Waals surface area contributed by atoms with Gasteiger partial charge in [-0.25, -0.2) is 14.8 Å². The fourth-order valence-electron chi connectivity index (χ4n) is 5.11. The van der Waals surface area contributed by atoms with Crippen molar-refractivity contribution in [2.45, 2.75) is 30.9 Å². The van der Waals surface area contributed by atoms with Gasteiger partial charge < -0.3 is 19.3 Å². The van der Waals surface area contributed by atoms with E-state index in [9.17, 15) is 9.18 Å². The molecule has 1 amide bonds. The normalized spacial score (nSPS) is 17.3. The highest BCUT2D eigenvalue weighted by atomic mass is 79.9. The number of carbonyl (C=O) groups is 1. The van der Waals surface area contributed by atoms with Gasteiger partial charge in [-0.3, -0.25) is 10.2 Å². The highest BCUT2D eigenvalue weighted by molar-refractivity contribution is 9.10. The minimum atomic E-state index is -1.39. The van der Waals surface area contributed by atoms with E-state index in [1.807, 2.05) is 72.8 Å². The topological polar surface area (TPSA) is 101 Å². The molecule has 0 radical (unpaired) electrons. The summed E-state index contributed by atoms with van der Waals surface area (Å²) in [6.45, 7) is 0.874. The van der Waals surface area contributed by atoms with Gasteiger partial charge in [0.15, 0.2) is 11.6 Å². The van der Waals surface area contributed by atoms with Crippen molar-refractivity contribution in [3.05, 3.63) is 130 Å². The van der Waals surface area contributed by atoms with Crippen molar-refractivity contribution in [2.24, 2.45) is 4.99 Å². The van der Waals surface area contributed by atoms with E-state index in [-0.39, 0.29) is 24.8 Å². The summed E-state index contributed by atoms with van der Waals surface area (Å²) in [5, 5.41) is 9.05. The van der Waals surface area contributed by atoms with Gasteiger partial charge in [-0.1, -0.05) is 52.3 Å². The molecular weight excluding hydrogens is 641 g/mol. The lowest BCUT2D eigenvalue weighted by atomic mass is 9.82. The first-order valence-corrected chi connectivity index (χ1v) is 15.5. The van der Waals surface area contributed by atoms with E-state index < -0.39 is 11.6 Å². The summed E-state index contributed by atoms with van der Waals surface area (Å²) in [5.41, 5.74) is 7.78. The van der Waals surface area contributed by atoms with Gasteiger partial charge in [0.25, 0.3) is 5.91 Å². The van der Waals surface area contributed by atoms with E-state index in [1.54, 1.807) is 19.2 Å². The van der Waals surface area contributed by atoms with E-state index in [0.29, 0.717) is 49.0 Å². The first kappa shape index (κ1) is 32.2. The number of amides is 1. The molecule has 4 aromatic carbocycles. The molecule has 1 aliphatic rings. The predicted octanol–water partition coefficient (Wildman–Crippen LogP) is 5.72. The van der Waals surface area contributed by atoms with Gasteiger partial charge in [0.1, 0.15) is 17.3 Å². The SMILES string of the molecule is COc1cccc([C@@H]2OC(c3ccc(OCCCO)cc3)=N[C@]2(Cc2ccc(Br)cc2)C(=O)NNCCc2ccc(F)cc2)c1. The average molecular weight is 677 g/mol. The van der Waals surface area contributed by atoms with Crippen molar-refractivity contribution in [3.8, 4) is 11.5 Å². The number of aliphatic hydroxyl groups excluding tert-OH is 1. The number of hydrazine groups is 1. The number of nitrogens with one attached hydrogen (secondary N) is 2. The van der Waals surface area contributed by atoms with Crippen molar-refractivity contribution >= 4 is 27.7 Å². The fraction of sp³-hybridized carbons (Fsp3) is 0.257. The average Bonchev–Trinajstić information content (AvgIpc) is 3.46.